The molecule has 1 amide bonds. The molecule has 5 rings (SSSR count). The maximum Gasteiger partial charge on any atom is 0.261 e. The molecule has 0 saturated carbocycles. The van der Waals surface area contributed by atoms with E-state index in [0.717, 1.165) is 51.1 Å². The summed E-state index contributed by atoms with van der Waals surface area (Å²) in [7, 11) is 1.68. The van der Waals surface area contributed by atoms with Gasteiger partial charge in [-0.15, -0.1) is 11.3 Å². The normalized spacial score (nSPS) is 17.4. The van der Waals surface area contributed by atoms with Crippen molar-refractivity contribution in [2.24, 2.45) is 0 Å². The van der Waals surface area contributed by atoms with Crippen LogP contribution in [-0.4, -0.2) is 42.5 Å². The fraction of sp³-hybridized carbons (Fsp3) is 0.250. The Balaban J connectivity index is 1.43. The fourth-order valence-corrected chi connectivity index (χ4v) is 5.37. The average molecular weight is 418 g/mol. The van der Waals surface area contributed by atoms with Gasteiger partial charge in [0.15, 0.2) is 0 Å². The summed E-state index contributed by atoms with van der Waals surface area (Å²) in [6.07, 6.45) is 1.70. The topological polar surface area (TPSA) is 54.5 Å². The molecule has 6 heteroatoms. The summed E-state index contributed by atoms with van der Waals surface area (Å²) in [6.45, 7) is 3.13. The van der Waals surface area contributed by atoms with Crippen LogP contribution in [0.1, 0.15) is 26.9 Å². The maximum atomic E-state index is 12.6. The van der Waals surface area contributed by atoms with Crippen molar-refractivity contribution < 1.29 is 9.53 Å². The molecule has 4 aromatic rings. The number of carbonyl (C=O) groups excluding carboxylic acids is 1. The minimum Gasteiger partial charge on any atom is -0.371 e. The van der Waals surface area contributed by atoms with Gasteiger partial charge in [0.2, 0.25) is 0 Å². The predicted molar refractivity (Wildman–Crippen MR) is 121 cm³/mol. The van der Waals surface area contributed by atoms with E-state index in [-0.39, 0.29) is 12.0 Å². The van der Waals surface area contributed by atoms with Gasteiger partial charge < -0.3 is 10.1 Å². The van der Waals surface area contributed by atoms with Crippen LogP contribution in [0.5, 0.6) is 0 Å². The number of nitrogens with zero attached hydrogens (tertiary/aromatic N) is 2. The molecule has 0 aliphatic carbocycles. The first-order chi connectivity index (χ1) is 14.7. The third kappa shape index (κ3) is 3.58. The van der Waals surface area contributed by atoms with Crippen molar-refractivity contribution in [3.63, 3.8) is 0 Å². The minimum atomic E-state index is -0.121. The van der Waals surface area contributed by atoms with Crippen LogP contribution in [0.15, 0.2) is 60.8 Å². The van der Waals surface area contributed by atoms with Gasteiger partial charge in [0.05, 0.1) is 23.1 Å². The minimum absolute atomic E-state index is 0.0473. The summed E-state index contributed by atoms with van der Waals surface area (Å²) in [5.74, 6) is -0.0473. The van der Waals surface area contributed by atoms with Crippen LogP contribution in [0.25, 0.3) is 21.0 Å². The molecular weight excluding hydrogens is 394 g/mol. The molecule has 3 heterocycles. The molecule has 5 nitrogen and oxygen atoms in total. The summed E-state index contributed by atoms with van der Waals surface area (Å²) < 4.78 is 7.30. The Bertz CT molecular complexity index is 1220. The molecule has 1 saturated heterocycles. The van der Waals surface area contributed by atoms with Crippen LogP contribution in [0.3, 0.4) is 0 Å². The number of ether oxygens (including phenoxy) is 1. The van der Waals surface area contributed by atoms with Crippen molar-refractivity contribution >= 4 is 38.2 Å². The lowest BCUT2D eigenvalue weighted by molar-refractivity contribution is -0.0323. The largest absolute Gasteiger partial charge is 0.371 e. The SMILES string of the molecule is CNC(=O)c1sc2ccccc2c1C1CN(Cc2ccc3ncccc3c2)CCO1. The van der Waals surface area contributed by atoms with E-state index in [1.165, 1.54) is 16.9 Å². The van der Waals surface area contributed by atoms with Crippen LogP contribution in [-0.2, 0) is 11.3 Å². The summed E-state index contributed by atoms with van der Waals surface area (Å²) in [6, 6.07) is 18.7. The number of amides is 1. The van der Waals surface area contributed by atoms with E-state index in [0.29, 0.717) is 6.61 Å². The van der Waals surface area contributed by atoms with Crippen molar-refractivity contribution in [1.29, 1.82) is 0 Å². The quantitative estimate of drug-likeness (QED) is 0.535. The van der Waals surface area contributed by atoms with E-state index < -0.39 is 0 Å². The molecule has 1 N–H and O–H groups in total. The highest BCUT2D eigenvalue weighted by Crippen LogP contribution is 2.38. The first-order valence-corrected chi connectivity index (χ1v) is 11.0. The Morgan fingerprint density at radius 2 is 2.13 bits per heavy atom. The highest BCUT2D eigenvalue weighted by Gasteiger charge is 2.29. The van der Waals surface area contributed by atoms with E-state index in [1.54, 1.807) is 7.05 Å². The van der Waals surface area contributed by atoms with Crippen LogP contribution >= 0.6 is 11.3 Å². The van der Waals surface area contributed by atoms with Crippen LogP contribution in [0.4, 0.5) is 0 Å². The molecule has 1 fully saturated rings. The molecule has 2 aromatic carbocycles. The maximum absolute atomic E-state index is 12.6. The smallest absolute Gasteiger partial charge is 0.261 e. The fourth-order valence-electron chi connectivity index (χ4n) is 4.17. The Morgan fingerprint density at radius 3 is 3.03 bits per heavy atom. The number of hydrogen-bond acceptors (Lipinski definition) is 5. The molecule has 1 aliphatic heterocycles. The lowest BCUT2D eigenvalue weighted by Gasteiger charge is -2.33. The standard InChI is InChI=1S/C24H23N3O2S/c1-25-24(28)23-22(18-6-2-3-7-21(18)30-23)20-15-27(11-12-29-20)14-16-8-9-19-17(13-16)5-4-10-26-19/h2-10,13,20H,11-12,14-15H2,1H3,(H,25,28). The molecule has 1 atom stereocenters. The number of fused-ring (bicyclic) bond motifs is 2. The third-order valence-corrected chi connectivity index (χ3v) is 6.80. The monoisotopic (exact) mass is 417 g/mol. The number of benzene rings is 2. The van der Waals surface area contributed by atoms with E-state index >= 15 is 0 Å². The van der Waals surface area contributed by atoms with Crippen molar-refractivity contribution in [2.75, 3.05) is 26.7 Å². The highest BCUT2D eigenvalue weighted by molar-refractivity contribution is 7.21. The molecule has 0 bridgehead atoms. The Morgan fingerprint density at radius 1 is 1.23 bits per heavy atom. The van der Waals surface area contributed by atoms with Gasteiger partial charge in [-0.25, -0.2) is 0 Å². The predicted octanol–water partition coefficient (Wildman–Crippen LogP) is 4.38. The summed E-state index contributed by atoms with van der Waals surface area (Å²) in [5, 5.41) is 5.06. The van der Waals surface area contributed by atoms with Gasteiger partial charge in [-0.1, -0.05) is 30.3 Å². The first-order valence-electron chi connectivity index (χ1n) is 10.1. The lowest BCUT2D eigenvalue weighted by atomic mass is 10.0. The summed E-state index contributed by atoms with van der Waals surface area (Å²) in [4.78, 5) is 20.1. The average Bonchev–Trinajstić information content (AvgIpc) is 3.18. The molecule has 1 aliphatic rings. The molecule has 2 aromatic heterocycles. The van der Waals surface area contributed by atoms with Gasteiger partial charge in [-0.05, 0) is 35.2 Å². The second-order valence-corrected chi connectivity index (χ2v) is 8.60. The number of aromatic nitrogens is 1. The van der Waals surface area contributed by atoms with E-state index in [2.05, 4.69) is 51.6 Å². The van der Waals surface area contributed by atoms with Crippen molar-refractivity contribution in [3.05, 3.63) is 76.8 Å². The van der Waals surface area contributed by atoms with Crippen LogP contribution < -0.4 is 5.32 Å². The molecule has 1 unspecified atom stereocenters. The molecule has 0 spiro atoms. The zero-order chi connectivity index (χ0) is 20.5. The van der Waals surface area contributed by atoms with Gasteiger partial charge in [0.1, 0.15) is 0 Å². The zero-order valence-electron chi connectivity index (χ0n) is 16.8. The van der Waals surface area contributed by atoms with Crippen molar-refractivity contribution in [3.8, 4) is 0 Å². The Labute approximate surface area is 179 Å². The van der Waals surface area contributed by atoms with Crippen molar-refractivity contribution in [2.45, 2.75) is 12.6 Å². The number of carbonyl (C=O) groups is 1. The van der Waals surface area contributed by atoms with Gasteiger partial charge in [-0.2, -0.15) is 0 Å². The zero-order valence-corrected chi connectivity index (χ0v) is 17.6. The first kappa shape index (κ1) is 19.2. The molecular formula is C24H23N3O2S. The van der Waals surface area contributed by atoms with E-state index in [1.807, 2.05) is 24.4 Å². The highest BCUT2D eigenvalue weighted by atomic mass is 32.1. The van der Waals surface area contributed by atoms with E-state index in [9.17, 15) is 4.79 Å². The Hall–Kier alpha value is -2.80. The Kier molecular flexibility index (Phi) is 5.21. The lowest BCUT2D eigenvalue weighted by Crippen LogP contribution is -2.38. The molecule has 0 radical (unpaired) electrons. The number of morpholine rings is 1. The number of pyridine rings is 1. The summed E-state index contributed by atoms with van der Waals surface area (Å²) >= 11 is 1.54. The van der Waals surface area contributed by atoms with Crippen LogP contribution in [0, 0.1) is 0 Å². The number of thiophene rings is 1. The van der Waals surface area contributed by atoms with Gasteiger partial charge in [0, 0.05) is 48.5 Å². The van der Waals surface area contributed by atoms with Crippen molar-refractivity contribution in [1.82, 2.24) is 15.2 Å². The van der Waals surface area contributed by atoms with Gasteiger partial charge >= 0.3 is 0 Å². The molecule has 30 heavy (non-hydrogen) atoms. The summed E-state index contributed by atoms with van der Waals surface area (Å²) in [5.41, 5.74) is 3.29. The number of nitrogens with one attached hydrogen (secondary N) is 1. The van der Waals surface area contributed by atoms with Gasteiger partial charge in [0.25, 0.3) is 5.91 Å². The van der Waals surface area contributed by atoms with E-state index in [4.69, 9.17) is 4.74 Å². The number of hydrogen-bond donors (Lipinski definition) is 1. The van der Waals surface area contributed by atoms with Gasteiger partial charge in [-0.3, -0.25) is 14.7 Å². The second kappa shape index (κ2) is 8.14. The second-order valence-electron chi connectivity index (χ2n) is 7.55. The number of rotatable bonds is 4. The third-order valence-electron chi connectivity index (χ3n) is 5.61. The van der Waals surface area contributed by atoms with Crippen LogP contribution in [0.2, 0.25) is 0 Å². The molecule has 152 valence electrons.